The fourth-order valence-electron chi connectivity index (χ4n) is 5.47. The van der Waals surface area contributed by atoms with E-state index in [0.29, 0.717) is 23.5 Å². The van der Waals surface area contributed by atoms with Gasteiger partial charge in [-0.25, -0.2) is 0 Å². The molecule has 4 atom stereocenters. The molecule has 4 unspecified atom stereocenters. The van der Waals surface area contributed by atoms with Crippen molar-refractivity contribution in [3.05, 3.63) is 89.5 Å². The summed E-state index contributed by atoms with van der Waals surface area (Å²) in [7, 11) is 0. The van der Waals surface area contributed by atoms with E-state index in [1.807, 2.05) is 42.5 Å². The molecular weight excluding hydrogens is 544 g/mol. The number of carbonyl (C=O) groups is 5. The molecular formula is C30H27N4O8+. The van der Waals surface area contributed by atoms with Crippen molar-refractivity contribution in [2.75, 3.05) is 18.2 Å². The first-order chi connectivity index (χ1) is 20.3. The average Bonchev–Trinajstić information content (AvgIpc) is 3.56. The lowest BCUT2D eigenvalue weighted by Crippen LogP contribution is -2.96. The first-order valence-corrected chi connectivity index (χ1v) is 13.3. The van der Waals surface area contributed by atoms with Crippen molar-refractivity contribution in [1.82, 2.24) is 10.6 Å². The SMILES string of the molecule is O=CC1(NC(=O)CN2C(=O)C(NC(=O)c3ccc4c(c3)OCO4)[NH2+]C(c3ccccc3)c3ccccc32)CC1C(=O)O. The van der Waals surface area contributed by atoms with Gasteiger partial charge in [-0.1, -0.05) is 48.5 Å². The average molecular weight is 572 g/mol. The molecule has 42 heavy (non-hydrogen) atoms. The van der Waals surface area contributed by atoms with Crippen LogP contribution in [0.3, 0.4) is 0 Å². The van der Waals surface area contributed by atoms with Gasteiger partial charge in [0.2, 0.25) is 18.9 Å². The van der Waals surface area contributed by atoms with E-state index in [9.17, 15) is 29.1 Å². The monoisotopic (exact) mass is 571 g/mol. The normalized spacial score (nSPS) is 23.8. The zero-order valence-corrected chi connectivity index (χ0v) is 22.2. The number of para-hydroxylation sites is 1. The standard InChI is InChI=1S/C30H26N4O8/c35-15-30(13-20(30)29(39)40)33-24(36)14-34-21-9-5-4-8-19(21)25(17-6-2-1-3-7-17)31-26(28(34)38)32-27(37)18-10-11-22-23(12-18)42-16-41-22/h1-12,15,20,25-26,31H,13-14,16H2,(H,32,37)(H,33,36)(H,39,40)/p+1. The molecule has 0 radical (unpaired) electrons. The van der Waals surface area contributed by atoms with Crippen LogP contribution in [0.25, 0.3) is 0 Å². The van der Waals surface area contributed by atoms with Gasteiger partial charge in [-0.15, -0.1) is 0 Å². The lowest BCUT2D eigenvalue weighted by atomic mass is 9.97. The van der Waals surface area contributed by atoms with E-state index in [0.717, 1.165) is 11.1 Å². The second kappa shape index (κ2) is 10.6. The van der Waals surface area contributed by atoms with E-state index >= 15 is 0 Å². The number of nitrogens with zero attached hydrogens (tertiary/aromatic N) is 1. The highest BCUT2D eigenvalue weighted by Crippen LogP contribution is 2.42. The highest BCUT2D eigenvalue weighted by molar-refractivity contribution is 6.05. The summed E-state index contributed by atoms with van der Waals surface area (Å²) < 4.78 is 10.7. The fourth-order valence-corrected chi connectivity index (χ4v) is 5.47. The zero-order valence-electron chi connectivity index (χ0n) is 22.2. The van der Waals surface area contributed by atoms with E-state index in [-0.39, 0.29) is 18.8 Å². The third-order valence-electron chi connectivity index (χ3n) is 7.75. The molecule has 3 aliphatic rings. The number of aldehydes is 1. The van der Waals surface area contributed by atoms with Gasteiger partial charge in [0.05, 0.1) is 11.6 Å². The van der Waals surface area contributed by atoms with Gasteiger partial charge in [0.25, 0.3) is 5.91 Å². The van der Waals surface area contributed by atoms with Crippen LogP contribution in [0.4, 0.5) is 5.69 Å². The smallest absolute Gasteiger partial charge is 0.309 e. The summed E-state index contributed by atoms with van der Waals surface area (Å²) in [4.78, 5) is 65.0. The van der Waals surface area contributed by atoms with Crippen LogP contribution in [0.15, 0.2) is 72.8 Å². The molecule has 6 rings (SSSR count). The van der Waals surface area contributed by atoms with Gasteiger partial charge in [-0.2, -0.15) is 0 Å². The Bertz CT molecular complexity index is 1600. The molecule has 2 aliphatic heterocycles. The number of benzene rings is 3. The Morgan fingerprint density at radius 1 is 1.02 bits per heavy atom. The molecule has 0 spiro atoms. The molecule has 0 bridgehead atoms. The van der Waals surface area contributed by atoms with Gasteiger partial charge < -0.3 is 30.0 Å². The van der Waals surface area contributed by atoms with Crippen LogP contribution in [-0.4, -0.2) is 60.1 Å². The molecule has 12 nitrogen and oxygen atoms in total. The maximum atomic E-state index is 14.1. The molecule has 2 heterocycles. The Morgan fingerprint density at radius 2 is 1.76 bits per heavy atom. The Kier molecular flexibility index (Phi) is 6.83. The number of amides is 3. The van der Waals surface area contributed by atoms with E-state index in [1.54, 1.807) is 29.6 Å². The molecule has 214 valence electrons. The minimum atomic E-state index is -1.51. The molecule has 0 saturated heterocycles. The van der Waals surface area contributed by atoms with Gasteiger partial charge in [0, 0.05) is 16.7 Å². The molecule has 5 N–H and O–H groups in total. The number of nitrogens with one attached hydrogen (secondary N) is 2. The second-order valence-corrected chi connectivity index (χ2v) is 10.4. The van der Waals surface area contributed by atoms with E-state index in [1.165, 1.54) is 11.0 Å². The fraction of sp³-hybridized carbons (Fsp3) is 0.233. The number of nitrogens with two attached hydrogens (primary N) is 1. The van der Waals surface area contributed by atoms with E-state index in [4.69, 9.17) is 9.47 Å². The number of hydrogen-bond donors (Lipinski definition) is 4. The van der Waals surface area contributed by atoms with Crippen LogP contribution in [0.1, 0.15) is 33.9 Å². The summed E-state index contributed by atoms with van der Waals surface area (Å²) in [5.74, 6) is -3.11. The summed E-state index contributed by atoms with van der Waals surface area (Å²) in [6.07, 6.45) is -0.753. The molecule has 12 heteroatoms. The van der Waals surface area contributed by atoms with Crippen LogP contribution in [0, 0.1) is 5.92 Å². The summed E-state index contributed by atoms with van der Waals surface area (Å²) in [5, 5.41) is 16.4. The summed E-state index contributed by atoms with van der Waals surface area (Å²) in [5.41, 5.74) is 0.791. The van der Waals surface area contributed by atoms with E-state index in [2.05, 4.69) is 10.6 Å². The number of fused-ring (bicyclic) bond motifs is 2. The topological polar surface area (TPSA) is 168 Å². The minimum absolute atomic E-state index is 0.0276. The van der Waals surface area contributed by atoms with Crippen LogP contribution in [0.2, 0.25) is 0 Å². The lowest BCUT2D eigenvalue weighted by Gasteiger charge is -2.24. The number of rotatable bonds is 8. The number of aliphatic carboxylic acids is 1. The van der Waals surface area contributed by atoms with E-state index < -0.39 is 53.9 Å². The first kappa shape index (κ1) is 27.0. The van der Waals surface area contributed by atoms with Crippen molar-refractivity contribution in [2.24, 2.45) is 5.92 Å². The Labute approximate surface area is 239 Å². The second-order valence-electron chi connectivity index (χ2n) is 10.4. The highest BCUT2D eigenvalue weighted by Gasteiger charge is 2.60. The molecule has 1 fully saturated rings. The molecule has 1 aliphatic carbocycles. The van der Waals surface area contributed by atoms with Crippen LogP contribution in [0.5, 0.6) is 11.5 Å². The van der Waals surface area contributed by atoms with Crippen LogP contribution < -0.4 is 30.3 Å². The van der Waals surface area contributed by atoms with Gasteiger partial charge in [-0.3, -0.25) is 29.4 Å². The van der Waals surface area contributed by atoms with Crippen molar-refractivity contribution < 1.29 is 43.9 Å². The predicted octanol–water partition coefficient (Wildman–Crippen LogP) is 0.329. The molecule has 3 amide bonds. The summed E-state index contributed by atoms with van der Waals surface area (Å²) >= 11 is 0. The Morgan fingerprint density at radius 3 is 2.50 bits per heavy atom. The van der Waals surface area contributed by atoms with Gasteiger partial charge in [-0.05, 0) is 30.7 Å². The first-order valence-electron chi connectivity index (χ1n) is 13.3. The summed E-state index contributed by atoms with van der Waals surface area (Å²) in [6, 6.07) is 20.8. The zero-order chi connectivity index (χ0) is 29.4. The minimum Gasteiger partial charge on any atom is -0.481 e. The van der Waals surface area contributed by atoms with Crippen molar-refractivity contribution in [1.29, 1.82) is 0 Å². The number of hydrogen-bond acceptors (Lipinski definition) is 7. The number of carbonyl (C=O) groups excluding carboxylic acids is 4. The van der Waals surface area contributed by atoms with Crippen LogP contribution in [-0.2, 0) is 19.2 Å². The Balaban J connectivity index is 1.33. The predicted molar refractivity (Wildman–Crippen MR) is 146 cm³/mol. The van der Waals surface area contributed by atoms with Crippen molar-refractivity contribution in [3.8, 4) is 11.5 Å². The van der Waals surface area contributed by atoms with Crippen molar-refractivity contribution >= 4 is 35.7 Å². The third-order valence-corrected chi connectivity index (χ3v) is 7.75. The van der Waals surface area contributed by atoms with Crippen molar-refractivity contribution in [3.63, 3.8) is 0 Å². The summed E-state index contributed by atoms with van der Waals surface area (Å²) in [6.45, 7) is -0.453. The number of carboxylic acid groups (broad SMARTS) is 1. The molecule has 3 aromatic rings. The Hall–Kier alpha value is -5.23. The van der Waals surface area contributed by atoms with Gasteiger partial charge in [0.15, 0.2) is 11.5 Å². The number of quaternary nitrogens is 1. The number of carboxylic acids is 1. The van der Waals surface area contributed by atoms with Gasteiger partial charge >= 0.3 is 11.9 Å². The number of ether oxygens (including phenoxy) is 2. The largest absolute Gasteiger partial charge is 0.481 e. The van der Waals surface area contributed by atoms with Crippen molar-refractivity contribution in [2.45, 2.75) is 24.2 Å². The number of anilines is 1. The highest BCUT2D eigenvalue weighted by atomic mass is 16.7. The lowest BCUT2D eigenvalue weighted by molar-refractivity contribution is -0.709. The molecule has 3 aromatic carbocycles. The molecule has 1 saturated carbocycles. The maximum absolute atomic E-state index is 14.1. The third kappa shape index (κ3) is 4.92. The van der Waals surface area contributed by atoms with Crippen LogP contribution >= 0.6 is 0 Å². The maximum Gasteiger partial charge on any atom is 0.309 e. The molecule has 0 aromatic heterocycles. The van der Waals surface area contributed by atoms with Gasteiger partial charge in [0.1, 0.15) is 24.4 Å². The quantitative estimate of drug-likeness (QED) is 0.281.